The Balaban J connectivity index is 1.61. The molecule has 21 heavy (non-hydrogen) atoms. The molecule has 1 N–H and O–H groups in total. The molecule has 0 radical (unpaired) electrons. The van der Waals surface area contributed by atoms with Gasteiger partial charge in [0.2, 0.25) is 0 Å². The molecule has 0 spiro atoms. The van der Waals surface area contributed by atoms with Crippen molar-refractivity contribution >= 4 is 11.5 Å². The van der Waals surface area contributed by atoms with E-state index in [1.54, 1.807) is 0 Å². The van der Waals surface area contributed by atoms with Crippen LogP contribution < -0.4 is 10.2 Å². The van der Waals surface area contributed by atoms with Crippen LogP contribution in [0.2, 0.25) is 0 Å². The lowest BCUT2D eigenvalue weighted by molar-refractivity contribution is 0.280. The fraction of sp³-hybridized carbons (Fsp3) is 0.722. The molecule has 0 bridgehead atoms. The summed E-state index contributed by atoms with van der Waals surface area (Å²) in [7, 11) is 0. The summed E-state index contributed by atoms with van der Waals surface area (Å²) in [5, 5.41) is 3.71. The quantitative estimate of drug-likeness (QED) is 0.898. The maximum Gasteiger partial charge on any atom is 0.128 e. The number of hydrogen-bond acceptors (Lipinski definition) is 3. The Morgan fingerprint density at radius 1 is 1.10 bits per heavy atom. The molecule has 1 aromatic heterocycles. The summed E-state index contributed by atoms with van der Waals surface area (Å²) in [6.07, 6.45) is 10.0. The van der Waals surface area contributed by atoms with Gasteiger partial charge in [-0.1, -0.05) is 20.3 Å². The summed E-state index contributed by atoms with van der Waals surface area (Å²) in [4.78, 5) is 7.09. The largest absolute Gasteiger partial charge is 0.381 e. The molecule has 2 fully saturated rings. The highest BCUT2D eigenvalue weighted by atomic mass is 15.2. The average Bonchev–Trinajstić information content (AvgIpc) is 2.53. The van der Waals surface area contributed by atoms with Gasteiger partial charge in [0, 0.05) is 19.1 Å². The van der Waals surface area contributed by atoms with Crippen molar-refractivity contribution in [1.29, 1.82) is 0 Å². The molecule has 116 valence electrons. The lowest BCUT2D eigenvalue weighted by Crippen LogP contribution is -2.33. The Hall–Kier alpha value is -1.25. The Labute approximate surface area is 129 Å². The van der Waals surface area contributed by atoms with Crippen molar-refractivity contribution in [1.82, 2.24) is 4.98 Å². The fourth-order valence-corrected chi connectivity index (χ4v) is 3.73. The summed E-state index contributed by atoms with van der Waals surface area (Å²) in [6.45, 7) is 7.07. The second kappa shape index (κ2) is 6.67. The van der Waals surface area contributed by atoms with E-state index in [4.69, 9.17) is 0 Å². The van der Waals surface area contributed by atoms with Crippen LogP contribution in [-0.4, -0.2) is 24.1 Å². The minimum absolute atomic E-state index is 0.608. The molecule has 1 saturated heterocycles. The minimum Gasteiger partial charge on any atom is -0.381 e. The number of aromatic nitrogens is 1. The van der Waals surface area contributed by atoms with Crippen molar-refractivity contribution in [2.45, 2.75) is 58.4 Å². The monoisotopic (exact) mass is 287 g/mol. The van der Waals surface area contributed by atoms with Gasteiger partial charge in [-0.2, -0.15) is 0 Å². The molecule has 0 aromatic carbocycles. The van der Waals surface area contributed by atoms with Crippen LogP contribution in [0.15, 0.2) is 18.3 Å². The fourth-order valence-electron chi connectivity index (χ4n) is 3.73. The van der Waals surface area contributed by atoms with Crippen molar-refractivity contribution in [3.63, 3.8) is 0 Å². The van der Waals surface area contributed by atoms with Gasteiger partial charge in [-0.3, -0.25) is 0 Å². The highest BCUT2D eigenvalue weighted by Crippen LogP contribution is 2.30. The Bertz CT molecular complexity index is 436. The molecule has 3 rings (SSSR count). The molecule has 1 saturated carbocycles. The lowest BCUT2D eigenvalue weighted by Gasteiger charge is -2.34. The molecule has 1 aliphatic carbocycles. The van der Waals surface area contributed by atoms with E-state index in [0.717, 1.165) is 30.7 Å². The molecule has 3 nitrogen and oxygen atoms in total. The Morgan fingerprint density at radius 2 is 1.90 bits per heavy atom. The highest BCUT2D eigenvalue weighted by molar-refractivity contribution is 5.49. The zero-order valence-electron chi connectivity index (χ0n) is 13.5. The van der Waals surface area contributed by atoms with Gasteiger partial charge in [-0.25, -0.2) is 4.98 Å². The van der Waals surface area contributed by atoms with Crippen LogP contribution in [0, 0.1) is 11.8 Å². The molecule has 3 unspecified atom stereocenters. The summed E-state index contributed by atoms with van der Waals surface area (Å²) < 4.78 is 0. The van der Waals surface area contributed by atoms with Gasteiger partial charge in [0.25, 0.3) is 0 Å². The van der Waals surface area contributed by atoms with Gasteiger partial charge >= 0.3 is 0 Å². The maximum absolute atomic E-state index is 4.68. The van der Waals surface area contributed by atoms with Crippen LogP contribution in [-0.2, 0) is 0 Å². The second-order valence-electron chi connectivity index (χ2n) is 7.10. The van der Waals surface area contributed by atoms with E-state index in [-0.39, 0.29) is 0 Å². The van der Waals surface area contributed by atoms with Gasteiger partial charge in [-0.15, -0.1) is 0 Å². The van der Waals surface area contributed by atoms with Crippen molar-refractivity contribution in [3.8, 4) is 0 Å². The van der Waals surface area contributed by atoms with Gasteiger partial charge in [-0.05, 0) is 56.1 Å². The van der Waals surface area contributed by atoms with E-state index in [1.165, 1.54) is 44.2 Å². The van der Waals surface area contributed by atoms with Crippen LogP contribution in [0.4, 0.5) is 11.5 Å². The van der Waals surface area contributed by atoms with E-state index in [2.05, 4.69) is 41.2 Å². The first-order chi connectivity index (χ1) is 10.2. The molecule has 0 amide bonds. The Kier molecular flexibility index (Phi) is 4.67. The first kappa shape index (κ1) is 14.7. The highest BCUT2D eigenvalue weighted by Gasteiger charge is 2.25. The molecular formula is C18H29N3. The van der Waals surface area contributed by atoms with Gasteiger partial charge in [0.05, 0.1) is 11.9 Å². The summed E-state index contributed by atoms with van der Waals surface area (Å²) in [5.74, 6) is 2.76. The topological polar surface area (TPSA) is 28.2 Å². The van der Waals surface area contributed by atoms with E-state index >= 15 is 0 Å². The third kappa shape index (κ3) is 3.69. The summed E-state index contributed by atoms with van der Waals surface area (Å²) >= 11 is 0. The molecule has 1 aliphatic heterocycles. The maximum atomic E-state index is 4.68. The van der Waals surface area contributed by atoms with E-state index in [0.29, 0.717) is 6.04 Å². The zero-order valence-corrected chi connectivity index (χ0v) is 13.5. The van der Waals surface area contributed by atoms with Crippen molar-refractivity contribution in [2.75, 3.05) is 23.3 Å². The number of piperidine rings is 1. The number of rotatable bonds is 3. The Morgan fingerprint density at radius 3 is 2.62 bits per heavy atom. The molecular weight excluding hydrogens is 258 g/mol. The van der Waals surface area contributed by atoms with Gasteiger partial charge < -0.3 is 10.2 Å². The lowest BCUT2D eigenvalue weighted by atomic mass is 9.80. The van der Waals surface area contributed by atoms with Crippen LogP contribution in [0.5, 0.6) is 0 Å². The van der Waals surface area contributed by atoms with Crippen LogP contribution in [0.1, 0.15) is 52.4 Å². The second-order valence-corrected chi connectivity index (χ2v) is 7.10. The van der Waals surface area contributed by atoms with Crippen LogP contribution in [0.25, 0.3) is 0 Å². The molecule has 2 aliphatic rings. The zero-order chi connectivity index (χ0) is 14.7. The number of hydrogen-bond donors (Lipinski definition) is 1. The predicted octanol–water partition coefficient (Wildman–Crippen LogP) is 4.31. The SMILES string of the molecule is CC1CCC(C)C(Nc2ccc(N3CCCCC3)nc2)C1. The number of nitrogens with zero attached hydrogens (tertiary/aromatic N) is 2. The first-order valence-corrected chi connectivity index (χ1v) is 8.70. The normalized spacial score (nSPS) is 30.2. The van der Waals surface area contributed by atoms with E-state index in [1.807, 2.05) is 6.20 Å². The standard InChI is InChI=1S/C18H29N3/c1-14-6-7-15(2)17(12-14)20-16-8-9-18(19-13-16)21-10-4-3-5-11-21/h8-9,13-15,17,20H,3-7,10-12H2,1-2H3. The number of nitrogens with one attached hydrogen (secondary N) is 1. The van der Waals surface area contributed by atoms with E-state index < -0.39 is 0 Å². The van der Waals surface area contributed by atoms with Crippen molar-refractivity contribution < 1.29 is 0 Å². The summed E-state index contributed by atoms with van der Waals surface area (Å²) in [6, 6.07) is 5.00. The van der Waals surface area contributed by atoms with Crippen molar-refractivity contribution in [2.24, 2.45) is 11.8 Å². The smallest absolute Gasteiger partial charge is 0.128 e. The molecule has 2 heterocycles. The van der Waals surface area contributed by atoms with E-state index in [9.17, 15) is 0 Å². The minimum atomic E-state index is 0.608. The van der Waals surface area contributed by atoms with Gasteiger partial charge in [0.1, 0.15) is 5.82 Å². The third-order valence-corrected chi connectivity index (χ3v) is 5.24. The number of anilines is 2. The van der Waals surface area contributed by atoms with Crippen molar-refractivity contribution in [3.05, 3.63) is 18.3 Å². The average molecular weight is 287 g/mol. The van der Waals surface area contributed by atoms with Crippen LogP contribution >= 0.6 is 0 Å². The molecule has 1 aromatic rings. The predicted molar refractivity (Wildman–Crippen MR) is 89.9 cm³/mol. The summed E-state index contributed by atoms with van der Waals surface area (Å²) in [5.41, 5.74) is 1.18. The number of pyridine rings is 1. The third-order valence-electron chi connectivity index (χ3n) is 5.24. The molecule has 3 heteroatoms. The molecule has 3 atom stereocenters. The van der Waals surface area contributed by atoms with Gasteiger partial charge in [0.15, 0.2) is 0 Å². The van der Waals surface area contributed by atoms with Crippen LogP contribution in [0.3, 0.4) is 0 Å². The first-order valence-electron chi connectivity index (χ1n) is 8.70.